The van der Waals surface area contributed by atoms with Crippen molar-refractivity contribution in [2.24, 2.45) is 10.7 Å². The fourth-order valence-corrected chi connectivity index (χ4v) is 0.441. The summed E-state index contributed by atoms with van der Waals surface area (Å²) in [4.78, 5) is 13.8. The second-order valence-electron chi connectivity index (χ2n) is 1.58. The number of nitrogens with zero attached hydrogens (tertiary/aromatic N) is 1. The van der Waals surface area contributed by atoms with E-state index in [-0.39, 0.29) is 5.84 Å². The fourth-order valence-electron chi connectivity index (χ4n) is 0.441. The van der Waals surface area contributed by atoms with Gasteiger partial charge in [-0.05, 0) is 6.08 Å². The third-order valence-corrected chi connectivity index (χ3v) is 0.961. The largest absolute Gasteiger partial charge is 0.383 e. The van der Waals surface area contributed by atoms with Gasteiger partial charge in [0, 0.05) is 7.05 Å². The normalized spacial score (nSPS) is 12.9. The maximum atomic E-state index is 10.2. The van der Waals surface area contributed by atoms with Crippen molar-refractivity contribution < 1.29 is 4.79 Å². The average molecular weight is 138 g/mol. The smallest absolute Gasteiger partial charge is 0.153 e. The van der Waals surface area contributed by atoms with Crippen LogP contribution in [-0.2, 0) is 4.79 Å². The summed E-state index contributed by atoms with van der Waals surface area (Å²) in [7, 11) is 1.52. The molecule has 0 bridgehead atoms. The van der Waals surface area contributed by atoms with E-state index in [1.807, 2.05) is 0 Å². The lowest BCUT2D eigenvalue weighted by Gasteiger charge is -1.93. The van der Waals surface area contributed by atoms with E-state index in [0.29, 0.717) is 11.9 Å². The predicted molar refractivity (Wildman–Crippen MR) is 41.9 cm³/mol. The first-order chi connectivity index (χ1) is 4.76. The Morgan fingerprint density at radius 2 is 2.30 bits per heavy atom. The van der Waals surface area contributed by atoms with E-state index in [4.69, 9.17) is 5.73 Å². The van der Waals surface area contributed by atoms with E-state index in [1.165, 1.54) is 19.2 Å². The number of aliphatic imine (C=N–C) groups is 1. The van der Waals surface area contributed by atoms with Crippen LogP contribution in [0.2, 0.25) is 0 Å². The molecular weight excluding hydrogens is 128 g/mol. The molecule has 2 N–H and O–H groups in total. The lowest BCUT2D eigenvalue weighted by atomic mass is 10.2. The van der Waals surface area contributed by atoms with E-state index in [9.17, 15) is 4.79 Å². The molecule has 0 amide bonds. The zero-order valence-corrected chi connectivity index (χ0v) is 5.87. The highest BCUT2D eigenvalue weighted by atomic mass is 16.1. The van der Waals surface area contributed by atoms with Crippen LogP contribution in [0.25, 0.3) is 0 Å². The number of carbonyl (C=O) groups excluding carboxylic acids is 1. The molecule has 0 spiro atoms. The van der Waals surface area contributed by atoms with Gasteiger partial charge in [-0.3, -0.25) is 9.79 Å². The summed E-state index contributed by atoms with van der Waals surface area (Å²) in [6, 6.07) is 0. The van der Waals surface area contributed by atoms with Gasteiger partial charge in [-0.1, -0.05) is 12.7 Å². The van der Waals surface area contributed by atoms with E-state index in [1.54, 1.807) is 0 Å². The van der Waals surface area contributed by atoms with Crippen LogP contribution in [0, 0.1) is 0 Å². The standard InChI is InChI=1S/C7H10N2O/c1-3-4-6(5-10)7(8)9-2/h3-5H,1H2,2H3,(H2,8,9)/b6-4-. The molecule has 0 aliphatic carbocycles. The van der Waals surface area contributed by atoms with Gasteiger partial charge >= 0.3 is 0 Å². The lowest BCUT2D eigenvalue weighted by Crippen LogP contribution is -2.15. The molecule has 0 aliphatic rings. The number of nitrogens with two attached hydrogens (primary N) is 1. The van der Waals surface area contributed by atoms with Gasteiger partial charge in [0.05, 0.1) is 5.57 Å². The van der Waals surface area contributed by atoms with Crippen molar-refractivity contribution in [2.75, 3.05) is 7.05 Å². The highest BCUT2D eigenvalue weighted by Crippen LogP contribution is 1.88. The summed E-state index contributed by atoms with van der Waals surface area (Å²) in [5.74, 6) is 0.231. The molecular formula is C7H10N2O. The van der Waals surface area contributed by atoms with Crippen molar-refractivity contribution in [1.29, 1.82) is 0 Å². The third kappa shape index (κ3) is 2.26. The highest BCUT2D eigenvalue weighted by Gasteiger charge is 1.95. The van der Waals surface area contributed by atoms with Crippen molar-refractivity contribution in [3.63, 3.8) is 0 Å². The van der Waals surface area contributed by atoms with Gasteiger partial charge in [-0.15, -0.1) is 0 Å². The maximum absolute atomic E-state index is 10.2. The first-order valence-electron chi connectivity index (χ1n) is 2.76. The average Bonchev–Trinajstić information content (AvgIpc) is 1.99. The van der Waals surface area contributed by atoms with Crippen molar-refractivity contribution in [3.8, 4) is 0 Å². The molecule has 3 nitrogen and oxygen atoms in total. The summed E-state index contributed by atoms with van der Waals surface area (Å²) in [5, 5.41) is 0. The quantitative estimate of drug-likeness (QED) is 0.200. The molecule has 0 aromatic heterocycles. The Bertz CT molecular complexity index is 192. The van der Waals surface area contributed by atoms with Crippen molar-refractivity contribution in [2.45, 2.75) is 0 Å². The van der Waals surface area contributed by atoms with E-state index < -0.39 is 0 Å². The molecule has 3 heteroatoms. The fraction of sp³-hybridized carbons (Fsp3) is 0.143. The van der Waals surface area contributed by atoms with E-state index in [2.05, 4.69) is 11.6 Å². The Hall–Kier alpha value is -1.38. The second kappa shape index (κ2) is 4.49. The summed E-state index contributed by atoms with van der Waals surface area (Å²) < 4.78 is 0. The zero-order chi connectivity index (χ0) is 7.98. The molecule has 0 fully saturated rings. The third-order valence-electron chi connectivity index (χ3n) is 0.961. The maximum Gasteiger partial charge on any atom is 0.153 e. The second-order valence-corrected chi connectivity index (χ2v) is 1.58. The van der Waals surface area contributed by atoms with Gasteiger partial charge in [0.15, 0.2) is 6.29 Å². The summed E-state index contributed by atoms with van der Waals surface area (Å²) in [5.41, 5.74) is 5.68. The minimum absolute atomic E-state index is 0.231. The van der Waals surface area contributed by atoms with Crippen LogP contribution in [0.5, 0.6) is 0 Å². The summed E-state index contributed by atoms with van der Waals surface area (Å²) in [6.07, 6.45) is 3.64. The Kier molecular flexibility index (Phi) is 3.87. The van der Waals surface area contributed by atoms with Crippen molar-refractivity contribution >= 4 is 12.1 Å². The number of hydrogen-bond acceptors (Lipinski definition) is 2. The molecule has 0 saturated carbocycles. The molecule has 0 aliphatic heterocycles. The highest BCUT2D eigenvalue weighted by molar-refractivity contribution is 6.12. The Labute approximate surface area is 59.9 Å². The number of carbonyl (C=O) groups is 1. The van der Waals surface area contributed by atoms with Gasteiger partial charge < -0.3 is 5.73 Å². The first-order valence-corrected chi connectivity index (χ1v) is 2.76. The molecule has 54 valence electrons. The molecule has 0 aromatic rings. The molecule has 0 unspecified atom stereocenters. The first kappa shape index (κ1) is 8.62. The monoisotopic (exact) mass is 138 g/mol. The predicted octanol–water partition coefficient (Wildman–Crippen LogP) is 0.285. The number of rotatable bonds is 3. The van der Waals surface area contributed by atoms with Crippen LogP contribution in [0.15, 0.2) is 29.3 Å². The lowest BCUT2D eigenvalue weighted by molar-refractivity contribution is -0.104. The molecule has 0 saturated heterocycles. The molecule has 0 atom stereocenters. The summed E-state index contributed by atoms with van der Waals surface area (Å²) in [6.45, 7) is 3.42. The SMILES string of the molecule is C=C/C=C(/C=O)C(N)=NC. The number of amidine groups is 1. The molecule has 0 heterocycles. The summed E-state index contributed by atoms with van der Waals surface area (Å²) >= 11 is 0. The van der Waals surface area contributed by atoms with Crippen LogP contribution in [0.4, 0.5) is 0 Å². The topological polar surface area (TPSA) is 55.5 Å². The van der Waals surface area contributed by atoms with Crippen LogP contribution >= 0.6 is 0 Å². The van der Waals surface area contributed by atoms with Gasteiger partial charge in [0.25, 0.3) is 0 Å². The van der Waals surface area contributed by atoms with Gasteiger partial charge in [0.1, 0.15) is 5.84 Å². The van der Waals surface area contributed by atoms with Crippen molar-refractivity contribution in [1.82, 2.24) is 0 Å². The van der Waals surface area contributed by atoms with Gasteiger partial charge in [-0.2, -0.15) is 0 Å². The van der Waals surface area contributed by atoms with E-state index >= 15 is 0 Å². The van der Waals surface area contributed by atoms with Crippen LogP contribution in [0.3, 0.4) is 0 Å². The minimum atomic E-state index is 0.231. The Morgan fingerprint density at radius 1 is 1.70 bits per heavy atom. The van der Waals surface area contributed by atoms with Crippen LogP contribution in [0.1, 0.15) is 0 Å². The zero-order valence-electron chi connectivity index (χ0n) is 5.87. The molecule has 10 heavy (non-hydrogen) atoms. The molecule has 0 rings (SSSR count). The van der Waals surface area contributed by atoms with Gasteiger partial charge in [0.2, 0.25) is 0 Å². The number of hydrogen-bond donors (Lipinski definition) is 1. The molecule has 0 aromatic carbocycles. The van der Waals surface area contributed by atoms with Crippen LogP contribution in [-0.4, -0.2) is 19.2 Å². The van der Waals surface area contributed by atoms with Crippen molar-refractivity contribution in [3.05, 3.63) is 24.3 Å². The number of allylic oxidation sites excluding steroid dienone is 2. The van der Waals surface area contributed by atoms with Gasteiger partial charge in [-0.25, -0.2) is 0 Å². The van der Waals surface area contributed by atoms with E-state index in [0.717, 1.165) is 0 Å². The Balaban J connectivity index is 4.51. The number of aldehydes is 1. The minimum Gasteiger partial charge on any atom is -0.383 e. The molecule has 0 radical (unpaired) electrons. The Morgan fingerprint density at radius 3 is 2.60 bits per heavy atom. The van der Waals surface area contributed by atoms with Crippen LogP contribution < -0.4 is 5.73 Å².